The largest absolute Gasteiger partial charge is 0.457 e. The minimum Gasteiger partial charge on any atom is -0.457 e. The van der Waals surface area contributed by atoms with Crippen LogP contribution in [0.4, 0.5) is 0 Å². The minimum absolute atomic E-state index is 0.268. The number of rotatable bonds is 9. The van der Waals surface area contributed by atoms with Gasteiger partial charge in [0, 0.05) is 6.08 Å². The third kappa shape index (κ3) is 6.80. The summed E-state index contributed by atoms with van der Waals surface area (Å²) >= 11 is 0. The van der Waals surface area contributed by atoms with Gasteiger partial charge in [0.15, 0.2) is 0 Å². The van der Waals surface area contributed by atoms with Crippen LogP contribution >= 0.6 is 0 Å². The number of esters is 3. The fourth-order valence-electron chi connectivity index (χ4n) is 2.69. The van der Waals surface area contributed by atoms with E-state index in [9.17, 15) is 14.4 Å². The Balaban J connectivity index is 1.52. The molecule has 0 radical (unpaired) electrons. The Labute approximate surface area is 191 Å². The molecule has 0 saturated heterocycles. The zero-order valence-electron chi connectivity index (χ0n) is 18.0. The van der Waals surface area contributed by atoms with Gasteiger partial charge in [0.25, 0.3) is 0 Å². The van der Waals surface area contributed by atoms with Crippen LogP contribution in [0.15, 0.2) is 85.5 Å². The van der Waals surface area contributed by atoms with Gasteiger partial charge in [-0.25, -0.2) is 14.4 Å². The standard InChI is InChI=1S/C26H22O7/c1-3-18-5-7-19(8-6-18)25(28)32-22-13-15-23(16-14-22)33-26(29)20-9-11-21(12-10-20)30-17-31-24(27)4-2/h4-16H,2-3,17H2,1H3. The van der Waals surface area contributed by atoms with E-state index >= 15 is 0 Å². The molecule has 3 aromatic rings. The van der Waals surface area contributed by atoms with E-state index in [1.807, 2.05) is 19.1 Å². The quantitative estimate of drug-likeness (QED) is 0.203. The Kier molecular flexibility index (Phi) is 7.96. The highest BCUT2D eigenvalue weighted by Gasteiger charge is 2.11. The van der Waals surface area contributed by atoms with E-state index in [1.165, 1.54) is 24.3 Å². The second-order valence-corrected chi connectivity index (χ2v) is 6.75. The van der Waals surface area contributed by atoms with E-state index < -0.39 is 17.9 Å². The molecule has 0 bridgehead atoms. The highest BCUT2D eigenvalue weighted by molar-refractivity contribution is 5.92. The Morgan fingerprint density at radius 3 is 1.64 bits per heavy atom. The first kappa shape index (κ1) is 23.3. The van der Waals surface area contributed by atoms with Crippen molar-refractivity contribution in [3.63, 3.8) is 0 Å². The van der Waals surface area contributed by atoms with Gasteiger partial charge in [-0.3, -0.25) is 0 Å². The Bertz CT molecular complexity index is 1110. The van der Waals surface area contributed by atoms with Crippen LogP contribution in [0, 0.1) is 0 Å². The molecule has 0 N–H and O–H groups in total. The maximum atomic E-state index is 12.3. The molecule has 0 heterocycles. The summed E-state index contributed by atoms with van der Waals surface area (Å²) in [5.74, 6) is -0.591. The topological polar surface area (TPSA) is 88.1 Å². The Morgan fingerprint density at radius 1 is 0.727 bits per heavy atom. The van der Waals surface area contributed by atoms with E-state index in [0.29, 0.717) is 28.4 Å². The van der Waals surface area contributed by atoms with Crippen molar-refractivity contribution in [2.45, 2.75) is 13.3 Å². The molecule has 0 aliphatic heterocycles. The average Bonchev–Trinajstić information content (AvgIpc) is 2.85. The lowest BCUT2D eigenvalue weighted by Crippen LogP contribution is -2.10. The van der Waals surface area contributed by atoms with E-state index in [1.54, 1.807) is 36.4 Å². The number of ether oxygens (including phenoxy) is 4. The van der Waals surface area contributed by atoms with Gasteiger partial charge in [-0.2, -0.15) is 0 Å². The monoisotopic (exact) mass is 446 g/mol. The fourth-order valence-corrected chi connectivity index (χ4v) is 2.69. The zero-order valence-corrected chi connectivity index (χ0v) is 18.0. The predicted molar refractivity (Wildman–Crippen MR) is 120 cm³/mol. The maximum Gasteiger partial charge on any atom is 0.343 e. The van der Waals surface area contributed by atoms with Crippen molar-refractivity contribution in [3.8, 4) is 17.2 Å². The summed E-state index contributed by atoms with van der Waals surface area (Å²) in [6, 6.07) is 19.5. The molecule has 7 nitrogen and oxygen atoms in total. The molecule has 3 rings (SSSR count). The van der Waals surface area contributed by atoms with Gasteiger partial charge in [0.05, 0.1) is 11.1 Å². The lowest BCUT2D eigenvalue weighted by atomic mass is 10.1. The van der Waals surface area contributed by atoms with Crippen molar-refractivity contribution in [3.05, 3.63) is 102 Å². The molecular weight excluding hydrogens is 424 g/mol. The van der Waals surface area contributed by atoms with Gasteiger partial charge in [0.2, 0.25) is 6.79 Å². The number of benzene rings is 3. The van der Waals surface area contributed by atoms with Crippen molar-refractivity contribution in [1.82, 2.24) is 0 Å². The van der Waals surface area contributed by atoms with E-state index in [-0.39, 0.29) is 6.79 Å². The van der Waals surface area contributed by atoms with Crippen LogP contribution in [0.3, 0.4) is 0 Å². The van der Waals surface area contributed by atoms with Crippen LogP contribution < -0.4 is 14.2 Å². The summed E-state index contributed by atoms with van der Waals surface area (Å²) in [5.41, 5.74) is 1.89. The number of aryl methyl sites for hydroxylation is 1. The fraction of sp³-hybridized carbons (Fsp3) is 0.115. The molecule has 3 aromatic carbocycles. The molecule has 0 aromatic heterocycles. The normalized spacial score (nSPS) is 10.1. The second-order valence-electron chi connectivity index (χ2n) is 6.75. The van der Waals surface area contributed by atoms with Crippen molar-refractivity contribution in [1.29, 1.82) is 0 Å². The van der Waals surface area contributed by atoms with Gasteiger partial charge in [-0.05, 0) is 72.6 Å². The third-order valence-corrected chi connectivity index (χ3v) is 4.53. The lowest BCUT2D eigenvalue weighted by molar-refractivity contribution is -0.144. The van der Waals surface area contributed by atoms with Crippen LogP contribution in [0.5, 0.6) is 17.2 Å². The smallest absolute Gasteiger partial charge is 0.343 e. The van der Waals surface area contributed by atoms with Crippen molar-refractivity contribution < 1.29 is 33.3 Å². The number of hydrogen-bond acceptors (Lipinski definition) is 7. The van der Waals surface area contributed by atoms with E-state index in [4.69, 9.17) is 18.9 Å². The first-order valence-electron chi connectivity index (χ1n) is 10.1. The summed E-state index contributed by atoms with van der Waals surface area (Å²) in [7, 11) is 0. The molecular formula is C26H22O7. The molecule has 0 unspecified atom stereocenters. The first-order chi connectivity index (χ1) is 16.0. The van der Waals surface area contributed by atoms with E-state index in [0.717, 1.165) is 18.1 Å². The summed E-state index contributed by atoms with van der Waals surface area (Å²) in [6.07, 6.45) is 1.92. The van der Waals surface area contributed by atoms with Gasteiger partial charge in [-0.15, -0.1) is 0 Å². The number of carbonyl (C=O) groups is 3. The third-order valence-electron chi connectivity index (χ3n) is 4.53. The molecule has 0 spiro atoms. The highest BCUT2D eigenvalue weighted by Crippen LogP contribution is 2.21. The van der Waals surface area contributed by atoms with Gasteiger partial charge in [0.1, 0.15) is 17.2 Å². The maximum absolute atomic E-state index is 12.3. The van der Waals surface area contributed by atoms with Crippen molar-refractivity contribution in [2.24, 2.45) is 0 Å². The molecule has 0 amide bonds. The first-order valence-corrected chi connectivity index (χ1v) is 10.1. The van der Waals surface area contributed by atoms with E-state index in [2.05, 4.69) is 6.58 Å². The summed E-state index contributed by atoms with van der Waals surface area (Å²) in [4.78, 5) is 35.6. The summed E-state index contributed by atoms with van der Waals surface area (Å²) in [5, 5.41) is 0. The van der Waals surface area contributed by atoms with Crippen LogP contribution in [-0.4, -0.2) is 24.7 Å². The minimum atomic E-state index is -0.596. The molecule has 0 aliphatic carbocycles. The number of carbonyl (C=O) groups excluding carboxylic acids is 3. The van der Waals surface area contributed by atoms with Gasteiger partial charge < -0.3 is 18.9 Å². The highest BCUT2D eigenvalue weighted by atomic mass is 16.7. The Hall–Kier alpha value is -4.39. The van der Waals surface area contributed by atoms with Crippen LogP contribution in [-0.2, 0) is 16.0 Å². The lowest BCUT2D eigenvalue weighted by Gasteiger charge is -2.08. The molecule has 7 heteroatoms. The molecule has 0 atom stereocenters. The van der Waals surface area contributed by atoms with Crippen LogP contribution in [0.25, 0.3) is 0 Å². The molecule has 0 aliphatic rings. The van der Waals surface area contributed by atoms with Crippen LogP contribution in [0.1, 0.15) is 33.2 Å². The number of hydrogen-bond donors (Lipinski definition) is 0. The van der Waals surface area contributed by atoms with Crippen molar-refractivity contribution >= 4 is 17.9 Å². The second kappa shape index (κ2) is 11.3. The predicted octanol–water partition coefficient (Wildman–Crippen LogP) is 4.75. The Morgan fingerprint density at radius 2 is 1.18 bits per heavy atom. The molecule has 0 fully saturated rings. The average molecular weight is 446 g/mol. The van der Waals surface area contributed by atoms with Crippen molar-refractivity contribution in [2.75, 3.05) is 6.79 Å². The molecule has 33 heavy (non-hydrogen) atoms. The van der Waals surface area contributed by atoms with Gasteiger partial charge in [-0.1, -0.05) is 25.6 Å². The summed E-state index contributed by atoms with van der Waals surface area (Å²) < 4.78 is 20.6. The zero-order chi connectivity index (χ0) is 23.6. The summed E-state index contributed by atoms with van der Waals surface area (Å²) in [6.45, 7) is 5.05. The van der Waals surface area contributed by atoms with Crippen LogP contribution in [0.2, 0.25) is 0 Å². The molecule has 0 saturated carbocycles. The molecule has 168 valence electrons. The van der Waals surface area contributed by atoms with Gasteiger partial charge >= 0.3 is 17.9 Å². The SMILES string of the molecule is C=CC(=O)OCOc1ccc(C(=O)Oc2ccc(OC(=O)c3ccc(CC)cc3)cc2)cc1.